The second-order valence-electron chi connectivity index (χ2n) is 11.1. The number of alkyl halides is 1. The molecular weight excluding hydrogens is 571 g/mol. The van der Waals surface area contributed by atoms with Crippen LogP contribution in [-0.4, -0.2) is 69.1 Å². The standard InChI is InChI=1S/C31H39FN6O4S/c1-3-14-42-25-8-7-21(15-22(25)16-32)28-26(19-38-11-5-6-23(38)4-2)43-31(35-28)36-29(39)24-17-34-27(18-33-24)37-12-9-20(10-13-37)30(40)41/h7-8,15,17-18,20,23H,3-6,9-14,16,19H2,1-2H3,(H,40,41)(H,35,36,39)/t23-/m1/s1. The van der Waals surface area contributed by atoms with E-state index in [1.807, 2.05) is 17.9 Å². The van der Waals surface area contributed by atoms with Crippen molar-refractivity contribution in [2.75, 3.05) is 36.5 Å². The summed E-state index contributed by atoms with van der Waals surface area (Å²) in [6, 6.07) is 6.00. The molecule has 2 aromatic heterocycles. The lowest BCUT2D eigenvalue weighted by molar-refractivity contribution is -0.142. The fraction of sp³-hybridized carbons (Fsp3) is 0.516. The fourth-order valence-electron chi connectivity index (χ4n) is 5.79. The Morgan fingerprint density at radius 3 is 2.63 bits per heavy atom. The van der Waals surface area contributed by atoms with Crippen LogP contribution >= 0.6 is 11.3 Å². The van der Waals surface area contributed by atoms with Crippen LogP contribution in [0.4, 0.5) is 15.3 Å². The zero-order valence-electron chi connectivity index (χ0n) is 24.7. The number of ether oxygens (including phenoxy) is 1. The SMILES string of the molecule is CCCOc1ccc(-c2nc(NC(=O)c3cnc(N4CCC(C(=O)O)CC4)cn3)sc2CN2CCC[C@H]2CC)cc1CF. The molecule has 12 heteroatoms. The van der Waals surface area contributed by atoms with Gasteiger partial charge >= 0.3 is 5.97 Å². The van der Waals surface area contributed by atoms with Crippen molar-refractivity contribution in [2.24, 2.45) is 5.92 Å². The fourth-order valence-corrected chi connectivity index (χ4v) is 6.80. The first-order valence-corrected chi connectivity index (χ1v) is 15.9. The molecule has 10 nitrogen and oxygen atoms in total. The number of aliphatic carboxylic acids is 1. The van der Waals surface area contributed by atoms with E-state index in [1.165, 1.54) is 17.5 Å². The molecule has 3 aromatic rings. The number of aromatic nitrogens is 3. The molecule has 0 aliphatic carbocycles. The topological polar surface area (TPSA) is 121 Å². The molecule has 0 spiro atoms. The maximum Gasteiger partial charge on any atom is 0.306 e. The summed E-state index contributed by atoms with van der Waals surface area (Å²) >= 11 is 1.42. The van der Waals surface area contributed by atoms with Gasteiger partial charge in [0.1, 0.15) is 23.9 Å². The van der Waals surface area contributed by atoms with Crippen molar-refractivity contribution in [1.82, 2.24) is 19.9 Å². The number of carbonyl (C=O) groups is 2. The zero-order chi connectivity index (χ0) is 30.3. The molecule has 2 aliphatic rings. The van der Waals surface area contributed by atoms with E-state index in [4.69, 9.17) is 9.72 Å². The molecule has 2 saturated heterocycles. The molecule has 2 N–H and O–H groups in total. The third-order valence-corrected chi connectivity index (χ3v) is 9.17. The Bertz CT molecular complexity index is 1410. The predicted molar refractivity (Wildman–Crippen MR) is 164 cm³/mol. The Morgan fingerprint density at radius 1 is 1.14 bits per heavy atom. The number of piperidine rings is 1. The Labute approximate surface area is 255 Å². The summed E-state index contributed by atoms with van der Waals surface area (Å²) in [5.41, 5.74) is 2.15. The van der Waals surface area contributed by atoms with Crippen molar-refractivity contribution < 1.29 is 23.8 Å². The van der Waals surface area contributed by atoms with Crippen LogP contribution in [-0.2, 0) is 18.0 Å². The van der Waals surface area contributed by atoms with Crippen LogP contribution in [0.5, 0.6) is 5.75 Å². The van der Waals surface area contributed by atoms with Gasteiger partial charge in [0.15, 0.2) is 5.13 Å². The summed E-state index contributed by atoms with van der Waals surface area (Å²) in [5, 5.41) is 12.6. The summed E-state index contributed by atoms with van der Waals surface area (Å²) in [6.07, 6.45) is 8.29. The molecule has 1 amide bonds. The molecular formula is C31H39FN6O4S. The average Bonchev–Trinajstić information content (AvgIpc) is 3.66. The largest absolute Gasteiger partial charge is 0.493 e. The highest BCUT2D eigenvalue weighted by Crippen LogP contribution is 2.36. The number of carboxylic acids is 1. The third-order valence-electron chi connectivity index (χ3n) is 8.21. The monoisotopic (exact) mass is 610 g/mol. The lowest BCUT2D eigenvalue weighted by Crippen LogP contribution is -2.36. The number of likely N-dealkylation sites (tertiary alicyclic amines) is 1. The van der Waals surface area contributed by atoms with Crippen molar-refractivity contribution in [2.45, 2.75) is 71.6 Å². The number of rotatable bonds is 12. The molecule has 0 bridgehead atoms. The normalized spacial score (nSPS) is 17.7. The van der Waals surface area contributed by atoms with Gasteiger partial charge in [-0.2, -0.15) is 0 Å². The Morgan fingerprint density at radius 2 is 1.95 bits per heavy atom. The Kier molecular flexibility index (Phi) is 10.2. The van der Waals surface area contributed by atoms with E-state index >= 15 is 0 Å². The molecule has 0 unspecified atom stereocenters. The number of hydrogen-bond acceptors (Lipinski definition) is 9. The smallest absolute Gasteiger partial charge is 0.306 e. The van der Waals surface area contributed by atoms with E-state index in [0.717, 1.165) is 48.4 Å². The van der Waals surface area contributed by atoms with E-state index in [2.05, 4.69) is 27.1 Å². The van der Waals surface area contributed by atoms with Gasteiger partial charge < -0.3 is 14.7 Å². The second-order valence-corrected chi connectivity index (χ2v) is 12.2. The molecule has 230 valence electrons. The minimum absolute atomic E-state index is 0.158. The first-order chi connectivity index (χ1) is 20.9. The predicted octanol–water partition coefficient (Wildman–Crippen LogP) is 5.79. The minimum Gasteiger partial charge on any atom is -0.493 e. The molecule has 43 heavy (non-hydrogen) atoms. The average molecular weight is 611 g/mol. The Hall–Kier alpha value is -3.64. The highest BCUT2D eigenvalue weighted by atomic mass is 32.1. The number of halogens is 1. The molecule has 2 fully saturated rings. The van der Waals surface area contributed by atoms with Gasteiger partial charge in [-0.1, -0.05) is 25.2 Å². The number of nitrogens with one attached hydrogen (secondary N) is 1. The molecule has 1 atom stereocenters. The second kappa shape index (κ2) is 14.2. The van der Waals surface area contributed by atoms with Crippen LogP contribution in [0.3, 0.4) is 0 Å². The third kappa shape index (κ3) is 7.30. The molecule has 2 aliphatic heterocycles. The molecule has 4 heterocycles. The van der Waals surface area contributed by atoms with Crippen molar-refractivity contribution in [3.63, 3.8) is 0 Å². The van der Waals surface area contributed by atoms with Crippen molar-refractivity contribution >= 4 is 34.2 Å². The number of anilines is 2. The van der Waals surface area contributed by atoms with Crippen LogP contribution in [0.1, 0.15) is 73.3 Å². The summed E-state index contributed by atoms with van der Waals surface area (Å²) in [6.45, 7) is 6.95. The van der Waals surface area contributed by atoms with Gasteiger partial charge in [0.05, 0.1) is 30.6 Å². The number of amides is 1. The van der Waals surface area contributed by atoms with Crippen molar-refractivity contribution in [3.05, 3.63) is 46.7 Å². The van der Waals surface area contributed by atoms with E-state index in [0.29, 0.717) is 67.4 Å². The van der Waals surface area contributed by atoms with Crippen LogP contribution in [0.25, 0.3) is 11.3 Å². The zero-order valence-corrected chi connectivity index (χ0v) is 25.5. The maximum atomic E-state index is 14.0. The highest BCUT2D eigenvalue weighted by molar-refractivity contribution is 7.16. The summed E-state index contributed by atoms with van der Waals surface area (Å²) in [4.78, 5) is 43.4. The van der Waals surface area contributed by atoms with Gasteiger partial charge in [-0.3, -0.25) is 19.8 Å². The molecule has 0 radical (unpaired) electrons. The van der Waals surface area contributed by atoms with Crippen molar-refractivity contribution in [3.8, 4) is 17.0 Å². The Balaban J connectivity index is 1.34. The lowest BCUT2D eigenvalue weighted by atomic mass is 9.97. The van der Waals surface area contributed by atoms with E-state index < -0.39 is 18.6 Å². The maximum absolute atomic E-state index is 14.0. The highest BCUT2D eigenvalue weighted by Gasteiger charge is 2.27. The van der Waals surface area contributed by atoms with Gasteiger partial charge in [0, 0.05) is 41.7 Å². The summed E-state index contributed by atoms with van der Waals surface area (Å²) in [5.74, 6) is -0.368. The number of hydrogen-bond donors (Lipinski definition) is 2. The number of thiazole rings is 1. The number of benzene rings is 1. The minimum atomic E-state index is -0.766. The summed E-state index contributed by atoms with van der Waals surface area (Å²) in [7, 11) is 0. The van der Waals surface area contributed by atoms with Crippen LogP contribution in [0.15, 0.2) is 30.6 Å². The van der Waals surface area contributed by atoms with Crippen LogP contribution < -0.4 is 15.0 Å². The first-order valence-electron chi connectivity index (χ1n) is 15.1. The number of carboxylic acid groups (broad SMARTS) is 1. The van der Waals surface area contributed by atoms with Gasteiger partial charge in [-0.25, -0.2) is 19.3 Å². The van der Waals surface area contributed by atoms with Crippen molar-refractivity contribution in [1.29, 1.82) is 0 Å². The van der Waals surface area contributed by atoms with Gasteiger partial charge in [0.25, 0.3) is 5.91 Å². The quantitative estimate of drug-likeness (QED) is 0.263. The van der Waals surface area contributed by atoms with Crippen LogP contribution in [0.2, 0.25) is 0 Å². The first kappa shape index (κ1) is 30.8. The molecule has 1 aromatic carbocycles. The van der Waals surface area contributed by atoms with Gasteiger partial charge in [0.2, 0.25) is 0 Å². The van der Waals surface area contributed by atoms with E-state index in [9.17, 15) is 19.1 Å². The number of carbonyl (C=O) groups excluding carboxylic acids is 1. The lowest BCUT2D eigenvalue weighted by Gasteiger charge is -2.30. The van der Waals surface area contributed by atoms with E-state index in [-0.39, 0.29) is 11.6 Å². The van der Waals surface area contributed by atoms with Gasteiger partial charge in [-0.15, -0.1) is 0 Å². The van der Waals surface area contributed by atoms with E-state index in [1.54, 1.807) is 18.3 Å². The van der Waals surface area contributed by atoms with Crippen LogP contribution in [0, 0.1) is 5.92 Å². The molecule has 0 saturated carbocycles. The molecule has 5 rings (SSSR count). The van der Waals surface area contributed by atoms with Gasteiger partial charge in [-0.05, 0) is 63.3 Å². The summed E-state index contributed by atoms with van der Waals surface area (Å²) < 4.78 is 19.7. The number of nitrogens with zero attached hydrogens (tertiary/aromatic N) is 5.